The van der Waals surface area contributed by atoms with Gasteiger partial charge in [-0.15, -0.1) is 0 Å². The summed E-state index contributed by atoms with van der Waals surface area (Å²) in [6.45, 7) is 7.02. The number of anilines is 1. The molecule has 19 heavy (non-hydrogen) atoms. The minimum atomic E-state index is 0.0357. The Morgan fingerprint density at radius 3 is 2.58 bits per heavy atom. The zero-order valence-electron chi connectivity index (χ0n) is 12.1. The van der Waals surface area contributed by atoms with Crippen LogP contribution in [0.3, 0.4) is 0 Å². The first-order valence-corrected chi connectivity index (χ1v) is 7.04. The Kier molecular flexibility index (Phi) is 4.25. The number of rotatable bonds is 4. The van der Waals surface area contributed by atoms with Crippen molar-refractivity contribution in [2.24, 2.45) is 5.41 Å². The molecule has 1 fully saturated rings. The number of amides is 1. The van der Waals surface area contributed by atoms with Crippen molar-refractivity contribution in [2.75, 3.05) is 11.9 Å². The molecule has 1 unspecified atom stereocenters. The van der Waals surface area contributed by atoms with Crippen LogP contribution in [0.4, 0.5) is 5.69 Å². The Hall–Kier alpha value is -1.35. The Morgan fingerprint density at radius 2 is 2.00 bits per heavy atom. The highest BCUT2D eigenvalue weighted by Gasteiger charge is 2.30. The first-order valence-electron chi connectivity index (χ1n) is 7.04. The van der Waals surface area contributed by atoms with Crippen molar-refractivity contribution in [2.45, 2.75) is 46.1 Å². The third-order valence-corrected chi connectivity index (χ3v) is 3.86. The van der Waals surface area contributed by atoms with Gasteiger partial charge in [0, 0.05) is 11.7 Å². The molecule has 1 aromatic carbocycles. The Balaban J connectivity index is 1.75. The average Bonchev–Trinajstić information content (AvgIpc) is 2.69. The minimum absolute atomic E-state index is 0.0357. The van der Waals surface area contributed by atoms with Crippen molar-refractivity contribution in [1.82, 2.24) is 5.32 Å². The van der Waals surface area contributed by atoms with E-state index in [9.17, 15) is 4.79 Å². The lowest BCUT2D eigenvalue weighted by Crippen LogP contribution is -2.35. The van der Waals surface area contributed by atoms with Crippen LogP contribution in [0, 0.1) is 12.3 Å². The highest BCUT2D eigenvalue weighted by Crippen LogP contribution is 2.36. The second kappa shape index (κ2) is 5.74. The van der Waals surface area contributed by atoms with Crippen LogP contribution < -0.4 is 10.6 Å². The van der Waals surface area contributed by atoms with E-state index >= 15 is 0 Å². The lowest BCUT2D eigenvalue weighted by Gasteiger charge is -2.17. The van der Waals surface area contributed by atoms with Crippen molar-refractivity contribution >= 4 is 11.6 Å². The molecule has 1 atom stereocenters. The van der Waals surface area contributed by atoms with E-state index in [4.69, 9.17) is 0 Å². The fourth-order valence-electron chi connectivity index (χ4n) is 2.69. The van der Waals surface area contributed by atoms with Crippen molar-refractivity contribution in [1.29, 1.82) is 0 Å². The first-order chi connectivity index (χ1) is 8.94. The molecule has 1 aliphatic carbocycles. The zero-order chi connectivity index (χ0) is 13.9. The molecule has 0 bridgehead atoms. The van der Waals surface area contributed by atoms with Crippen molar-refractivity contribution in [3.05, 3.63) is 29.8 Å². The van der Waals surface area contributed by atoms with Crippen molar-refractivity contribution < 1.29 is 4.79 Å². The number of aryl methyl sites for hydroxylation is 1. The molecule has 0 radical (unpaired) electrons. The maximum absolute atomic E-state index is 11.8. The SMILES string of the molecule is Cc1ccc(NC(=O)CNC2CCC(C)(C)C2)cc1. The summed E-state index contributed by atoms with van der Waals surface area (Å²) in [6.07, 6.45) is 3.57. The van der Waals surface area contributed by atoms with E-state index in [1.807, 2.05) is 31.2 Å². The van der Waals surface area contributed by atoms with E-state index in [2.05, 4.69) is 24.5 Å². The fraction of sp³-hybridized carbons (Fsp3) is 0.562. The number of benzene rings is 1. The molecule has 1 amide bonds. The number of carbonyl (C=O) groups excluding carboxylic acids is 1. The normalized spacial score (nSPS) is 21.3. The Bertz CT molecular complexity index is 437. The van der Waals surface area contributed by atoms with Crippen LogP contribution in [0.1, 0.15) is 38.7 Å². The van der Waals surface area contributed by atoms with Gasteiger partial charge in [0.25, 0.3) is 0 Å². The van der Waals surface area contributed by atoms with Gasteiger partial charge in [0.1, 0.15) is 0 Å². The molecule has 104 valence electrons. The van der Waals surface area contributed by atoms with Crippen LogP contribution >= 0.6 is 0 Å². The average molecular weight is 260 g/mol. The maximum Gasteiger partial charge on any atom is 0.238 e. The van der Waals surface area contributed by atoms with Gasteiger partial charge in [0.2, 0.25) is 5.91 Å². The third-order valence-electron chi connectivity index (χ3n) is 3.86. The predicted molar refractivity (Wildman–Crippen MR) is 79.2 cm³/mol. The fourth-order valence-corrected chi connectivity index (χ4v) is 2.69. The summed E-state index contributed by atoms with van der Waals surface area (Å²) in [5.74, 6) is 0.0357. The van der Waals surface area contributed by atoms with Gasteiger partial charge in [0.15, 0.2) is 0 Å². The number of nitrogens with one attached hydrogen (secondary N) is 2. The van der Waals surface area contributed by atoms with E-state index < -0.39 is 0 Å². The van der Waals surface area contributed by atoms with Gasteiger partial charge in [0.05, 0.1) is 6.54 Å². The van der Waals surface area contributed by atoms with Crippen molar-refractivity contribution in [3.8, 4) is 0 Å². The molecule has 2 N–H and O–H groups in total. The Labute approximate surface area is 115 Å². The van der Waals surface area contributed by atoms with Crippen LogP contribution in [0.2, 0.25) is 0 Å². The lowest BCUT2D eigenvalue weighted by molar-refractivity contribution is -0.115. The van der Waals surface area contributed by atoms with E-state index in [0.717, 1.165) is 12.1 Å². The van der Waals surface area contributed by atoms with E-state index in [1.165, 1.54) is 18.4 Å². The predicted octanol–water partition coefficient (Wildman–Crippen LogP) is 3.10. The summed E-state index contributed by atoms with van der Waals surface area (Å²) in [4.78, 5) is 11.8. The van der Waals surface area contributed by atoms with Gasteiger partial charge < -0.3 is 10.6 Å². The van der Waals surface area contributed by atoms with Gasteiger partial charge in [-0.25, -0.2) is 0 Å². The zero-order valence-corrected chi connectivity index (χ0v) is 12.1. The van der Waals surface area contributed by atoms with Crippen LogP contribution in [0.15, 0.2) is 24.3 Å². The van der Waals surface area contributed by atoms with Gasteiger partial charge in [-0.3, -0.25) is 4.79 Å². The first kappa shape index (κ1) is 14.1. The van der Waals surface area contributed by atoms with E-state index in [1.54, 1.807) is 0 Å². The molecular formula is C16H24N2O. The van der Waals surface area contributed by atoms with Crippen LogP contribution in [-0.4, -0.2) is 18.5 Å². The number of hydrogen-bond acceptors (Lipinski definition) is 2. The monoisotopic (exact) mass is 260 g/mol. The van der Waals surface area contributed by atoms with E-state index in [-0.39, 0.29) is 5.91 Å². The molecule has 2 rings (SSSR count). The largest absolute Gasteiger partial charge is 0.325 e. The molecule has 1 saturated carbocycles. The van der Waals surface area contributed by atoms with Crippen LogP contribution in [0.25, 0.3) is 0 Å². The maximum atomic E-state index is 11.8. The summed E-state index contributed by atoms with van der Waals surface area (Å²) >= 11 is 0. The summed E-state index contributed by atoms with van der Waals surface area (Å²) in [6, 6.07) is 8.36. The van der Waals surface area contributed by atoms with E-state index in [0.29, 0.717) is 18.0 Å². The molecule has 0 aromatic heterocycles. The molecule has 1 aliphatic rings. The molecule has 3 nitrogen and oxygen atoms in total. The molecular weight excluding hydrogens is 236 g/mol. The number of carbonyl (C=O) groups is 1. The summed E-state index contributed by atoms with van der Waals surface area (Å²) in [5, 5.41) is 6.27. The summed E-state index contributed by atoms with van der Waals surface area (Å²) < 4.78 is 0. The van der Waals surface area contributed by atoms with Crippen LogP contribution in [-0.2, 0) is 4.79 Å². The molecule has 0 heterocycles. The molecule has 0 aliphatic heterocycles. The second-order valence-corrected chi connectivity index (χ2v) is 6.40. The summed E-state index contributed by atoms with van der Waals surface area (Å²) in [5.41, 5.74) is 2.49. The van der Waals surface area contributed by atoms with Crippen LogP contribution in [0.5, 0.6) is 0 Å². The molecule has 0 spiro atoms. The lowest BCUT2D eigenvalue weighted by atomic mass is 9.92. The third kappa shape index (κ3) is 4.35. The van der Waals surface area contributed by atoms with Crippen molar-refractivity contribution in [3.63, 3.8) is 0 Å². The highest BCUT2D eigenvalue weighted by atomic mass is 16.1. The molecule has 0 saturated heterocycles. The molecule has 1 aromatic rings. The Morgan fingerprint density at radius 1 is 1.32 bits per heavy atom. The quantitative estimate of drug-likeness (QED) is 0.873. The second-order valence-electron chi connectivity index (χ2n) is 6.40. The van der Waals surface area contributed by atoms with Gasteiger partial charge in [-0.1, -0.05) is 31.5 Å². The van der Waals surface area contributed by atoms with Gasteiger partial charge in [-0.2, -0.15) is 0 Å². The smallest absolute Gasteiger partial charge is 0.238 e. The topological polar surface area (TPSA) is 41.1 Å². The standard InChI is InChI=1S/C16H24N2O/c1-12-4-6-13(7-5-12)18-15(19)11-17-14-8-9-16(2,3)10-14/h4-7,14,17H,8-11H2,1-3H3,(H,18,19). The highest BCUT2D eigenvalue weighted by molar-refractivity contribution is 5.92. The number of hydrogen-bond donors (Lipinski definition) is 2. The molecule has 3 heteroatoms. The van der Waals surface area contributed by atoms with Gasteiger partial charge >= 0.3 is 0 Å². The van der Waals surface area contributed by atoms with Gasteiger partial charge in [-0.05, 0) is 43.7 Å². The summed E-state index contributed by atoms with van der Waals surface area (Å²) in [7, 11) is 0. The minimum Gasteiger partial charge on any atom is -0.325 e.